The molecule has 0 unspecified atom stereocenters. The highest BCUT2D eigenvalue weighted by Gasteiger charge is 2.22. The van der Waals surface area contributed by atoms with Gasteiger partial charge in [0, 0.05) is 30.2 Å². The van der Waals surface area contributed by atoms with Gasteiger partial charge in [0.1, 0.15) is 0 Å². The van der Waals surface area contributed by atoms with E-state index in [-0.39, 0.29) is 0 Å². The van der Waals surface area contributed by atoms with Crippen molar-refractivity contribution in [1.82, 2.24) is 15.0 Å². The number of anilines is 3. The van der Waals surface area contributed by atoms with Gasteiger partial charge in [0.15, 0.2) is 0 Å². The molecule has 0 N–H and O–H groups in total. The van der Waals surface area contributed by atoms with Gasteiger partial charge in [0.2, 0.25) is 0 Å². The Morgan fingerprint density at radius 2 is 1.81 bits per heavy atom. The van der Waals surface area contributed by atoms with Crippen LogP contribution < -0.4 is 10.0 Å². The molecule has 0 spiro atoms. The molecule has 0 atom stereocenters. The fourth-order valence-corrected chi connectivity index (χ4v) is 4.05. The summed E-state index contributed by atoms with van der Waals surface area (Å²) >= 11 is 0. The fraction of sp³-hybridized carbons (Fsp3) is 0.240. The number of aryl methyl sites for hydroxylation is 1. The van der Waals surface area contributed by atoms with Crippen LogP contribution in [-0.4, -0.2) is 41.3 Å². The molecule has 7 heteroatoms. The zero-order valence-corrected chi connectivity index (χ0v) is 18.1. The normalized spacial score (nSPS) is 14.0. The second-order valence-corrected chi connectivity index (χ2v) is 7.95. The number of pyridine rings is 3. The number of benzene rings is 1. The number of ether oxygens (including phenoxy) is 1. The number of hydrogen-bond acceptors (Lipinski definition) is 6. The van der Waals surface area contributed by atoms with E-state index >= 15 is 4.48 Å². The van der Waals surface area contributed by atoms with Crippen molar-refractivity contribution in [3.8, 4) is 11.4 Å². The molecule has 0 saturated carbocycles. The molecule has 32 heavy (non-hydrogen) atoms. The molecule has 1 fully saturated rings. The Balaban J connectivity index is 1.63. The first-order chi connectivity index (χ1) is 15.6. The standard InChI is InChI=1S/C25H24FN5O/c1-17-7-8-23(28-14-17)24-18(2)25(21-5-3-4-6-22(21)29-24)31(26)20-13-19(15-27-16-20)30-9-11-32-12-10-30/h3-8,13-16H,9-12H2,1-2H3. The van der Waals surface area contributed by atoms with Crippen molar-refractivity contribution in [3.63, 3.8) is 0 Å². The van der Waals surface area contributed by atoms with Gasteiger partial charge in [-0.2, -0.15) is 5.12 Å². The van der Waals surface area contributed by atoms with Crippen LogP contribution in [0.1, 0.15) is 11.1 Å². The number of hydrogen-bond donors (Lipinski definition) is 0. The van der Waals surface area contributed by atoms with E-state index in [4.69, 9.17) is 9.72 Å². The molecule has 0 amide bonds. The van der Waals surface area contributed by atoms with Gasteiger partial charge >= 0.3 is 0 Å². The molecule has 162 valence electrons. The molecule has 0 bridgehead atoms. The Labute approximate surface area is 186 Å². The van der Waals surface area contributed by atoms with Crippen LogP contribution in [0.3, 0.4) is 0 Å². The molecule has 1 aliphatic heterocycles. The monoisotopic (exact) mass is 429 g/mol. The van der Waals surface area contributed by atoms with Crippen molar-refractivity contribution in [3.05, 3.63) is 72.2 Å². The van der Waals surface area contributed by atoms with E-state index in [1.807, 2.05) is 56.3 Å². The van der Waals surface area contributed by atoms with Gasteiger partial charge in [-0.1, -0.05) is 28.7 Å². The predicted molar refractivity (Wildman–Crippen MR) is 125 cm³/mol. The second kappa shape index (κ2) is 8.51. The average Bonchev–Trinajstić information content (AvgIpc) is 2.84. The molecule has 1 aromatic carbocycles. The quantitative estimate of drug-likeness (QED) is 0.417. The maximum Gasteiger partial charge on any atom is 0.0951 e. The van der Waals surface area contributed by atoms with Crippen molar-refractivity contribution in [2.75, 3.05) is 36.3 Å². The summed E-state index contributed by atoms with van der Waals surface area (Å²) in [5.41, 5.74) is 5.58. The molecule has 0 radical (unpaired) electrons. The summed E-state index contributed by atoms with van der Waals surface area (Å²) in [6, 6.07) is 13.3. The van der Waals surface area contributed by atoms with Crippen LogP contribution in [0.5, 0.6) is 0 Å². The van der Waals surface area contributed by atoms with Crippen molar-refractivity contribution >= 4 is 28.0 Å². The van der Waals surface area contributed by atoms with Crippen molar-refractivity contribution in [1.29, 1.82) is 0 Å². The number of morpholine rings is 1. The van der Waals surface area contributed by atoms with Gasteiger partial charge in [-0.3, -0.25) is 9.97 Å². The topological polar surface area (TPSA) is 54.4 Å². The summed E-state index contributed by atoms with van der Waals surface area (Å²) < 4.78 is 21.5. The average molecular weight is 429 g/mol. The molecular weight excluding hydrogens is 405 g/mol. The first-order valence-electron chi connectivity index (χ1n) is 10.7. The highest BCUT2D eigenvalue weighted by Crippen LogP contribution is 2.39. The maximum absolute atomic E-state index is 16.1. The number of rotatable bonds is 4. The van der Waals surface area contributed by atoms with Crippen molar-refractivity contribution < 1.29 is 9.22 Å². The molecule has 1 aliphatic rings. The maximum atomic E-state index is 16.1. The van der Waals surface area contributed by atoms with E-state index in [0.717, 1.165) is 35.3 Å². The van der Waals surface area contributed by atoms with E-state index in [1.54, 1.807) is 18.6 Å². The number of fused-ring (bicyclic) bond motifs is 1. The van der Waals surface area contributed by atoms with Crippen LogP contribution in [-0.2, 0) is 4.74 Å². The summed E-state index contributed by atoms with van der Waals surface area (Å²) in [5, 5.41) is 1.45. The summed E-state index contributed by atoms with van der Waals surface area (Å²) in [6.07, 6.45) is 5.11. The molecule has 3 aromatic heterocycles. The van der Waals surface area contributed by atoms with Crippen molar-refractivity contribution in [2.45, 2.75) is 13.8 Å². The van der Waals surface area contributed by atoms with Crippen LogP contribution >= 0.6 is 0 Å². The Morgan fingerprint density at radius 3 is 2.59 bits per heavy atom. The highest BCUT2D eigenvalue weighted by atomic mass is 19.2. The lowest BCUT2D eigenvalue weighted by molar-refractivity contribution is 0.122. The number of nitrogens with zero attached hydrogens (tertiary/aromatic N) is 5. The van der Waals surface area contributed by atoms with Crippen LogP contribution in [0, 0.1) is 13.8 Å². The predicted octanol–water partition coefficient (Wildman–Crippen LogP) is 5.17. The third kappa shape index (κ3) is 3.76. The van der Waals surface area contributed by atoms with E-state index in [0.29, 0.717) is 46.6 Å². The highest BCUT2D eigenvalue weighted by molar-refractivity contribution is 5.97. The minimum atomic E-state index is 0.372. The second-order valence-electron chi connectivity index (χ2n) is 7.95. The summed E-state index contributed by atoms with van der Waals surface area (Å²) in [6.45, 7) is 6.71. The zero-order valence-electron chi connectivity index (χ0n) is 18.1. The van der Waals surface area contributed by atoms with Crippen molar-refractivity contribution in [2.24, 2.45) is 0 Å². The van der Waals surface area contributed by atoms with Gasteiger partial charge in [-0.05, 0) is 37.6 Å². The molecule has 4 heterocycles. The smallest absolute Gasteiger partial charge is 0.0951 e. The number of halogens is 1. The molecule has 5 rings (SSSR count). The summed E-state index contributed by atoms with van der Waals surface area (Å²) in [7, 11) is 0. The molecule has 0 aliphatic carbocycles. The van der Waals surface area contributed by atoms with Gasteiger partial charge in [0.25, 0.3) is 0 Å². The fourth-order valence-electron chi connectivity index (χ4n) is 4.05. The van der Waals surface area contributed by atoms with E-state index in [2.05, 4.69) is 14.9 Å². The van der Waals surface area contributed by atoms with Crippen LogP contribution in [0.25, 0.3) is 22.3 Å². The Morgan fingerprint density at radius 1 is 1.00 bits per heavy atom. The summed E-state index contributed by atoms with van der Waals surface area (Å²) in [5.74, 6) is 0. The Kier molecular flexibility index (Phi) is 5.41. The third-order valence-corrected chi connectivity index (χ3v) is 5.76. The zero-order chi connectivity index (χ0) is 22.1. The van der Waals surface area contributed by atoms with Gasteiger partial charge in [-0.25, -0.2) is 4.98 Å². The Bertz CT molecular complexity index is 1260. The molecular formula is C25H24FN5O. The lowest BCUT2D eigenvalue weighted by Crippen LogP contribution is -2.36. The minimum absolute atomic E-state index is 0.372. The van der Waals surface area contributed by atoms with Gasteiger partial charge in [0.05, 0.1) is 59.6 Å². The SMILES string of the molecule is Cc1ccc(-c2nc3ccccc3c(N(F)c3cncc(N4CCOCC4)c3)c2C)nc1. The van der Waals surface area contributed by atoms with Crippen LogP contribution in [0.15, 0.2) is 61.1 Å². The first-order valence-corrected chi connectivity index (χ1v) is 10.7. The minimum Gasteiger partial charge on any atom is -0.378 e. The van der Waals surface area contributed by atoms with Crippen LogP contribution in [0.2, 0.25) is 0 Å². The summed E-state index contributed by atoms with van der Waals surface area (Å²) in [4.78, 5) is 15.8. The van der Waals surface area contributed by atoms with Crippen LogP contribution in [0.4, 0.5) is 21.5 Å². The molecule has 6 nitrogen and oxygen atoms in total. The lowest BCUT2D eigenvalue weighted by Gasteiger charge is -2.29. The number of para-hydroxylation sites is 1. The Hall–Kier alpha value is -3.58. The molecule has 1 saturated heterocycles. The van der Waals surface area contributed by atoms with Gasteiger partial charge < -0.3 is 9.64 Å². The lowest BCUT2D eigenvalue weighted by atomic mass is 10.0. The van der Waals surface area contributed by atoms with Gasteiger partial charge in [-0.15, -0.1) is 0 Å². The third-order valence-electron chi connectivity index (χ3n) is 5.76. The van der Waals surface area contributed by atoms with E-state index < -0.39 is 0 Å². The largest absolute Gasteiger partial charge is 0.378 e. The molecule has 4 aromatic rings. The van der Waals surface area contributed by atoms with E-state index in [9.17, 15) is 0 Å². The first kappa shape index (κ1) is 20.3. The van der Waals surface area contributed by atoms with E-state index in [1.165, 1.54) is 0 Å². The number of aromatic nitrogens is 3.